The first-order valence-corrected chi connectivity index (χ1v) is 4.93. The smallest absolute Gasteiger partial charge is 0.271 e. The largest absolute Gasteiger partial charge is 0.364 e. The van der Waals surface area contributed by atoms with E-state index in [2.05, 4.69) is 11.2 Å². The van der Waals surface area contributed by atoms with Gasteiger partial charge in [-0.2, -0.15) is 5.26 Å². The van der Waals surface area contributed by atoms with Gasteiger partial charge in [-0.25, -0.2) is 0 Å². The van der Waals surface area contributed by atoms with Gasteiger partial charge in [0.25, 0.3) is 5.91 Å². The normalized spacial score (nSPS) is 9.82. The molecule has 2 rings (SSSR count). The molecule has 1 amide bonds. The Labute approximate surface area is 97.4 Å². The van der Waals surface area contributed by atoms with E-state index in [0.29, 0.717) is 17.5 Å². The average molecular weight is 227 g/mol. The van der Waals surface area contributed by atoms with Crippen LogP contribution in [0.3, 0.4) is 0 Å². The molecule has 2 N–H and O–H groups in total. The quantitative estimate of drug-likeness (QED) is 0.853. The van der Waals surface area contributed by atoms with Gasteiger partial charge in [0.15, 0.2) is 5.69 Å². The van der Waals surface area contributed by atoms with Crippen molar-refractivity contribution in [2.45, 2.75) is 6.42 Å². The molecule has 0 saturated heterocycles. The Morgan fingerprint density at radius 2 is 2.35 bits per heavy atom. The molecule has 0 aliphatic rings. The molecule has 0 radical (unpaired) electrons. The number of nitrogens with zero attached hydrogens (tertiary/aromatic N) is 2. The SMILES string of the molecule is N#Cc1cccc(Cc2conc2C(N)=O)c1. The molecule has 1 heterocycles. The Balaban J connectivity index is 2.29. The highest BCUT2D eigenvalue weighted by atomic mass is 16.5. The van der Waals surface area contributed by atoms with Gasteiger partial charge in [0, 0.05) is 12.0 Å². The van der Waals surface area contributed by atoms with Crippen LogP contribution in [0.25, 0.3) is 0 Å². The van der Waals surface area contributed by atoms with Crippen molar-refractivity contribution >= 4 is 5.91 Å². The van der Waals surface area contributed by atoms with Crippen LogP contribution in [0, 0.1) is 11.3 Å². The fourth-order valence-corrected chi connectivity index (χ4v) is 1.56. The van der Waals surface area contributed by atoms with Gasteiger partial charge < -0.3 is 10.3 Å². The first-order valence-electron chi connectivity index (χ1n) is 4.93. The van der Waals surface area contributed by atoms with Gasteiger partial charge in [0.1, 0.15) is 6.26 Å². The van der Waals surface area contributed by atoms with Crippen LogP contribution in [-0.2, 0) is 6.42 Å². The molecule has 0 aliphatic carbocycles. The number of carbonyl (C=O) groups excluding carboxylic acids is 1. The molecule has 0 fully saturated rings. The Kier molecular flexibility index (Phi) is 2.88. The molecule has 17 heavy (non-hydrogen) atoms. The Morgan fingerprint density at radius 3 is 3.06 bits per heavy atom. The third kappa shape index (κ3) is 2.32. The van der Waals surface area contributed by atoms with Gasteiger partial charge in [-0.05, 0) is 17.7 Å². The van der Waals surface area contributed by atoms with Crippen molar-refractivity contribution in [3.05, 3.63) is 52.9 Å². The molecule has 1 aromatic carbocycles. The Bertz CT molecular complexity index is 596. The zero-order chi connectivity index (χ0) is 12.3. The first kappa shape index (κ1) is 10.9. The summed E-state index contributed by atoms with van der Waals surface area (Å²) in [4.78, 5) is 11.0. The van der Waals surface area contributed by atoms with Gasteiger partial charge in [0.05, 0.1) is 11.6 Å². The standard InChI is InChI=1S/C12H9N3O2/c13-6-9-3-1-2-8(4-9)5-10-7-17-15-11(10)12(14)16/h1-4,7H,5H2,(H2,14,16). The molecule has 1 aromatic heterocycles. The second kappa shape index (κ2) is 4.49. The number of benzene rings is 1. The molecule has 0 saturated carbocycles. The monoisotopic (exact) mass is 227 g/mol. The first-order chi connectivity index (χ1) is 8.20. The van der Waals surface area contributed by atoms with E-state index in [1.54, 1.807) is 18.2 Å². The molecule has 0 bridgehead atoms. The molecular formula is C12H9N3O2. The number of amides is 1. The lowest BCUT2D eigenvalue weighted by Gasteiger charge is -1.99. The minimum absolute atomic E-state index is 0.132. The molecule has 0 atom stereocenters. The minimum Gasteiger partial charge on any atom is -0.364 e. The van der Waals surface area contributed by atoms with Gasteiger partial charge >= 0.3 is 0 Å². The summed E-state index contributed by atoms with van der Waals surface area (Å²) in [5, 5.41) is 12.3. The predicted octanol–water partition coefficient (Wildman–Crippen LogP) is 1.24. The summed E-state index contributed by atoms with van der Waals surface area (Å²) in [6.07, 6.45) is 1.84. The number of rotatable bonds is 3. The fraction of sp³-hybridized carbons (Fsp3) is 0.0833. The molecule has 5 nitrogen and oxygen atoms in total. The number of nitrogens with two attached hydrogens (primary N) is 1. The van der Waals surface area contributed by atoms with Crippen molar-refractivity contribution in [1.82, 2.24) is 5.16 Å². The van der Waals surface area contributed by atoms with E-state index in [9.17, 15) is 4.79 Å². The molecule has 0 unspecified atom stereocenters. The van der Waals surface area contributed by atoms with Crippen LogP contribution < -0.4 is 5.73 Å². The maximum atomic E-state index is 11.0. The van der Waals surface area contributed by atoms with E-state index < -0.39 is 5.91 Å². The fourth-order valence-electron chi connectivity index (χ4n) is 1.56. The molecule has 0 aliphatic heterocycles. The zero-order valence-corrected chi connectivity index (χ0v) is 8.88. The van der Waals surface area contributed by atoms with Crippen molar-refractivity contribution < 1.29 is 9.32 Å². The molecular weight excluding hydrogens is 218 g/mol. The maximum absolute atomic E-state index is 11.0. The van der Waals surface area contributed by atoms with Crippen LogP contribution >= 0.6 is 0 Å². The number of primary amides is 1. The van der Waals surface area contributed by atoms with Crippen LogP contribution in [0.1, 0.15) is 27.2 Å². The van der Waals surface area contributed by atoms with Gasteiger partial charge in [-0.1, -0.05) is 17.3 Å². The number of hydrogen-bond acceptors (Lipinski definition) is 4. The third-order valence-electron chi connectivity index (χ3n) is 2.33. The van der Waals surface area contributed by atoms with Crippen LogP contribution in [0.15, 0.2) is 35.1 Å². The lowest BCUT2D eigenvalue weighted by atomic mass is 10.0. The number of aromatic nitrogens is 1. The topological polar surface area (TPSA) is 92.9 Å². The Hall–Kier alpha value is -2.61. The van der Waals surface area contributed by atoms with Gasteiger partial charge in [0.2, 0.25) is 0 Å². The highest BCUT2D eigenvalue weighted by molar-refractivity contribution is 5.92. The summed E-state index contributed by atoms with van der Waals surface area (Å²) in [7, 11) is 0. The zero-order valence-electron chi connectivity index (χ0n) is 8.88. The summed E-state index contributed by atoms with van der Waals surface area (Å²) >= 11 is 0. The van der Waals surface area contributed by atoms with Crippen LogP contribution in [0.2, 0.25) is 0 Å². The maximum Gasteiger partial charge on any atom is 0.271 e. The van der Waals surface area contributed by atoms with Crippen LogP contribution in [-0.4, -0.2) is 11.1 Å². The molecule has 5 heteroatoms. The second-order valence-corrected chi connectivity index (χ2v) is 3.54. The number of hydrogen-bond donors (Lipinski definition) is 1. The van der Waals surface area contributed by atoms with Gasteiger partial charge in [-0.3, -0.25) is 4.79 Å². The van der Waals surface area contributed by atoms with Crippen molar-refractivity contribution in [1.29, 1.82) is 5.26 Å². The van der Waals surface area contributed by atoms with Crippen molar-refractivity contribution in [2.75, 3.05) is 0 Å². The van der Waals surface area contributed by atoms with E-state index in [4.69, 9.17) is 15.5 Å². The highest BCUT2D eigenvalue weighted by Gasteiger charge is 2.13. The van der Waals surface area contributed by atoms with E-state index >= 15 is 0 Å². The summed E-state index contributed by atoms with van der Waals surface area (Å²) < 4.78 is 4.72. The lowest BCUT2D eigenvalue weighted by molar-refractivity contribution is 0.0991. The van der Waals surface area contributed by atoms with Gasteiger partial charge in [-0.15, -0.1) is 0 Å². The van der Waals surface area contributed by atoms with Crippen LogP contribution in [0.4, 0.5) is 0 Å². The highest BCUT2D eigenvalue weighted by Crippen LogP contribution is 2.14. The summed E-state index contributed by atoms with van der Waals surface area (Å²) in [6, 6.07) is 9.16. The lowest BCUT2D eigenvalue weighted by Crippen LogP contribution is -2.13. The number of nitriles is 1. The van der Waals surface area contributed by atoms with Crippen molar-refractivity contribution in [3.8, 4) is 6.07 Å². The third-order valence-corrected chi connectivity index (χ3v) is 2.33. The van der Waals surface area contributed by atoms with E-state index in [0.717, 1.165) is 5.56 Å². The van der Waals surface area contributed by atoms with E-state index in [1.165, 1.54) is 6.26 Å². The van der Waals surface area contributed by atoms with Crippen LogP contribution in [0.5, 0.6) is 0 Å². The molecule has 2 aromatic rings. The number of carbonyl (C=O) groups is 1. The molecule has 0 spiro atoms. The summed E-state index contributed by atoms with van der Waals surface area (Å²) in [5.41, 5.74) is 7.37. The predicted molar refractivity (Wildman–Crippen MR) is 59.0 cm³/mol. The summed E-state index contributed by atoms with van der Waals surface area (Å²) in [6.45, 7) is 0. The van der Waals surface area contributed by atoms with Crippen molar-refractivity contribution in [3.63, 3.8) is 0 Å². The summed E-state index contributed by atoms with van der Waals surface area (Å²) in [5.74, 6) is -0.620. The second-order valence-electron chi connectivity index (χ2n) is 3.54. The van der Waals surface area contributed by atoms with E-state index in [1.807, 2.05) is 6.07 Å². The average Bonchev–Trinajstić information content (AvgIpc) is 2.77. The Morgan fingerprint density at radius 1 is 1.53 bits per heavy atom. The molecule has 84 valence electrons. The van der Waals surface area contributed by atoms with E-state index in [-0.39, 0.29) is 5.69 Å². The van der Waals surface area contributed by atoms with Crippen molar-refractivity contribution in [2.24, 2.45) is 5.73 Å². The minimum atomic E-state index is -0.620.